The zero-order valence-corrected chi connectivity index (χ0v) is 20.5. The van der Waals surface area contributed by atoms with Crippen molar-refractivity contribution in [3.05, 3.63) is 34.4 Å². The topological polar surface area (TPSA) is 17.1 Å². The average Bonchev–Trinajstić information content (AvgIpc) is 2.66. The van der Waals surface area contributed by atoms with Gasteiger partial charge in [0, 0.05) is 5.92 Å². The van der Waals surface area contributed by atoms with Gasteiger partial charge in [-0.15, -0.1) is 0 Å². The molecule has 0 saturated heterocycles. The van der Waals surface area contributed by atoms with E-state index in [1.807, 2.05) is 0 Å². The lowest BCUT2D eigenvalue weighted by Crippen LogP contribution is -2.16. The summed E-state index contributed by atoms with van der Waals surface area (Å²) in [6, 6.07) is 4.44. The Kier molecular flexibility index (Phi) is 13.8. The van der Waals surface area contributed by atoms with Crippen molar-refractivity contribution < 1.29 is 4.79 Å². The molecule has 0 fully saturated rings. The van der Waals surface area contributed by atoms with E-state index in [4.69, 9.17) is 0 Å². The van der Waals surface area contributed by atoms with Gasteiger partial charge >= 0.3 is 0 Å². The predicted molar refractivity (Wildman–Crippen MR) is 128 cm³/mol. The molecular weight excluding hydrogens is 408 g/mol. The highest BCUT2D eigenvalue weighted by Crippen LogP contribution is 2.31. The van der Waals surface area contributed by atoms with Crippen LogP contribution in [0.25, 0.3) is 0 Å². The molecule has 0 heterocycles. The van der Waals surface area contributed by atoms with Crippen LogP contribution in [0.15, 0.2) is 12.1 Å². The predicted octanol–water partition coefficient (Wildman–Crippen LogP) is 8.75. The molecule has 0 N–H and O–H groups in total. The second kappa shape index (κ2) is 15.2. The van der Waals surface area contributed by atoms with Gasteiger partial charge in [-0.1, -0.05) is 118 Å². The number of hydrogen-bond acceptors (Lipinski definition) is 1. The number of unbranched alkanes of at least 4 members (excludes halogenated alkanes) is 11. The van der Waals surface area contributed by atoms with Crippen LogP contribution in [0.2, 0.25) is 0 Å². The van der Waals surface area contributed by atoms with Crippen LogP contribution in [-0.2, 0) is 4.79 Å². The zero-order valence-electron chi connectivity index (χ0n) is 18.9. The Balaban J connectivity index is 2.30. The molecule has 1 nitrogen and oxygen atoms in total. The molecule has 0 saturated carbocycles. The van der Waals surface area contributed by atoms with Crippen molar-refractivity contribution in [1.29, 1.82) is 0 Å². The average molecular weight is 452 g/mol. The SMILES string of the molecule is CCCCCCCCCCCCCCC(C(=O)CBr)c1c(C)cc(C)cc1C. The summed E-state index contributed by atoms with van der Waals surface area (Å²) in [6.07, 6.45) is 17.3. The van der Waals surface area contributed by atoms with E-state index in [2.05, 4.69) is 55.8 Å². The summed E-state index contributed by atoms with van der Waals surface area (Å²) in [6.45, 7) is 8.73. The summed E-state index contributed by atoms with van der Waals surface area (Å²) >= 11 is 3.40. The molecular formula is C26H43BrO. The summed E-state index contributed by atoms with van der Waals surface area (Å²) in [4.78, 5) is 12.6. The van der Waals surface area contributed by atoms with E-state index >= 15 is 0 Å². The Labute approximate surface area is 183 Å². The van der Waals surface area contributed by atoms with Gasteiger partial charge in [0.25, 0.3) is 0 Å². The molecule has 0 radical (unpaired) electrons. The van der Waals surface area contributed by atoms with Gasteiger partial charge in [-0.3, -0.25) is 4.79 Å². The molecule has 0 aromatic heterocycles. The number of benzene rings is 1. The Hall–Kier alpha value is -0.630. The fourth-order valence-electron chi connectivity index (χ4n) is 4.49. The lowest BCUT2D eigenvalue weighted by atomic mass is 9.84. The number of aryl methyl sites for hydroxylation is 3. The number of alkyl halides is 1. The van der Waals surface area contributed by atoms with Gasteiger partial charge in [-0.2, -0.15) is 0 Å². The van der Waals surface area contributed by atoms with Crippen molar-refractivity contribution in [3.63, 3.8) is 0 Å². The maximum Gasteiger partial charge on any atom is 0.150 e. The summed E-state index contributed by atoms with van der Waals surface area (Å²) in [5, 5.41) is 0.461. The highest BCUT2D eigenvalue weighted by molar-refractivity contribution is 9.09. The third-order valence-electron chi connectivity index (χ3n) is 5.95. The zero-order chi connectivity index (χ0) is 20.8. The normalized spacial score (nSPS) is 12.3. The minimum atomic E-state index is 0.0584. The Morgan fingerprint density at radius 2 is 1.21 bits per heavy atom. The summed E-state index contributed by atoms with van der Waals surface area (Å²) in [7, 11) is 0. The summed E-state index contributed by atoms with van der Waals surface area (Å²) < 4.78 is 0. The molecule has 1 rings (SSSR count). The number of rotatable bonds is 16. The van der Waals surface area contributed by atoms with Crippen molar-refractivity contribution in [2.75, 3.05) is 5.33 Å². The van der Waals surface area contributed by atoms with Crippen LogP contribution in [-0.4, -0.2) is 11.1 Å². The highest BCUT2D eigenvalue weighted by Gasteiger charge is 2.22. The number of ketones is 1. The molecule has 0 amide bonds. The Morgan fingerprint density at radius 3 is 1.64 bits per heavy atom. The Bertz CT molecular complexity index is 541. The maximum absolute atomic E-state index is 12.6. The third kappa shape index (κ3) is 9.72. The number of hydrogen-bond donors (Lipinski definition) is 0. The van der Waals surface area contributed by atoms with Crippen LogP contribution in [0, 0.1) is 20.8 Å². The maximum atomic E-state index is 12.6. The smallest absolute Gasteiger partial charge is 0.150 e. The fraction of sp³-hybridized carbons (Fsp3) is 0.731. The largest absolute Gasteiger partial charge is 0.298 e. The second-order valence-corrected chi connectivity index (χ2v) is 9.20. The van der Waals surface area contributed by atoms with Crippen LogP contribution < -0.4 is 0 Å². The van der Waals surface area contributed by atoms with Crippen LogP contribution in [0.1, 0.15) is 119 Å². The first-order chi connectivity index (χ1) is 13.5. The van der Waals surface area contributed by atoms with Gasteiger partial charge < -0.3 is 0 Å². The van der Waals surface area contributed by atoms with Gasteiger partial charge in [0.15, 0.2) is 5.78 Å². The molecule has 0 aliphatic rings. The van der Waals surface area contributed by atoms with Crippen molar-refractivity contribution in [1.82, 2.24) is 0 Å². The standard InChI is InChI=1S/C26H43BrO/c1-5-6-7-8-9-10-11-12-13-14-15-16-17-24(25(28)20-27)26-22(3)18-21(2)19-23(26)4/h18-19,24H,5-17,20H2,1-4H3. The monoisotopic (exact) mass is 450 g/mol. The molecule has 1 unspecified atom stereocenters. The van der Waals surface area contributed by atoms with Gasteiger partial charge in [-0.05, 0) is 43.9 Å². The Morgan fingerprint density at radius 1 is 0.786 bits per heavy atom. The van der Waals surface area contributed by atoms with E-state index in [9.17, 15) is 4.79 Å². The first-order valence-electron chi connectivity index (χ1n) is 11.7. The van der Waals surface area contributed by atoms with Crippen molar-refractivity contribution in [3.8, 4) is 0 Å². The molecule has 0 bridgehead atoms. The van der Waals surface area contributed by atoms with Gasteiger partial charge in [-0.25, -0.2) is 0 Å². The molecule has 2 heteroatoms. The molecule has 0 aliphatic heterocycles. The van der Waals surface area contributed by atoms with Crippen LogP contribution in [0.3, 0.4) is 0 Å². The molecule has 1 aromatic carbocycles. The van der Waals surface area contributed by atoms with Gasteiger partial charge in [0.2, 0.25) is 0 Å². The van der Waals surface area contributed by atoms with E-state index in [0.29, 0.717) is 11.1 Å². The van der Waals surface area contributed by atoms with Crippen molar-refractivity contribution in [2.24, 2.45) is 0 Å². The number of Topliss-reactive ketones (excluding diaryl/α,β-unsaturated/α-hetero) is 1. The van der Waals surface area contributed by atoms with E-state index in [1.165, 1.54) is 92.9 Å². The highest BCUT2D eigenvalue weighted by atomic mass is 79.9. The van der Waals surface area contributed by atoms with Crippen molar-refractivity contribution in [2.45, 2.75) is 117 Å². The lowest BCUT2D eigenvalue weighted by molar-refractivity contribution is -0.118. The van der Waals surface area contributed by atoms with E-state index in [0.717, 1.165) is 12.8 Å². The molecule has 160 valence electrons. The first kappa shape index (κ1) is 25.4. The lowest BCUT2D eigenvalue weighted by Gasteiger charge is -2.21. The molecule has 0 spiro atoms. The molecule has 1 aromatic rings. The summed E-state index contributed by atoms with van der Waals surface area (Å²) in [5.74, 6) is 0.390. The number of carbonyl (C=O) groups excluding carboxylic acids is 1. The third-order valence-corrected chi connectivity index (χ3v) is 6.51. The van der Waals surface area contributed by atoms with E-state index < -0.39 is 0 Å². The van der Waals surface area contributed by atoms with E-state index in [-0.39, 0.29) is 5.92 Å². The minimum Gasteiger partial charge on any atom is -0.298 e. The fourth-order valence-corrected chi connectivity index (χ4v) is 4.88. The van der Waals surface area contributed by atoms with E-state index in [1.54, 1.807) is 0 Å². The van der Waals surface area contributed by atoms with Crippen molar-refractivity contribution >= 4 is 21.7 Å². The molecule has 0 aliphatic carbocycles. The van der Waals surface area contributed by atoms with Crippen LogP contribution in [0.5, 0.6) is 0 Å². The summed E-state index contributed by atoms with van der Waals surface area (Å²) in [5.41, 5.74) is 5.11. The number of halogens is 1. The molecule has 1 atom stereocenters. The molecule has 28 heavy (non-hydrogen) atoms. The minimum absolute atomic E-state index is 0.0584. The first-order valence-corrected chi connectivity index (χ1v) is 12.8. The van der Waals surface area contributed by atoms with Crippen LogP contribution >= 0.6 is 15.9 Å². The second-order valence-electron chi connectivity index (χ2n) is 8.64. The van der Waals surface area contributed by atoms with Crippen LogP contribution in [0.4, 0.5) is 0 Å². The van der Waals surface area contributed by atoms with Gasteiger partial charge in [0.05, 0.1) is 5.33 Å². The number of carbonyl (C=O) groups is 1. The van der Waals surface area contributed by atoms with Gasteiger partial charge in [0.1, 0.15) is 0 Å². The quantitative estimate of drug-likeness (QED) is 0.181.